The Bertz CT molecular complexity index is 540. The fourth-order valence-corrected chi connectivity index (χ4v) is 1.95. The van der Waals surface area contributed by atoms with Crippen molar-refractivity contribution < 1.29 is 4.52 Å². The highest BCUT2D eigenvalue weighted by Crippen LogP contribution is 2.27. The van der Waals surface area contributed by atoms with Crippen molar-refractivity contribution in [2.24, 2.45) is 0 Å². The summed E-state index contributed by atoms with van der Waals surface area (Å²) in [7, 11) is 0. The summed E-state index contributed by atoms with van der Waals surface area (Å²) in [5.41, 5.74) is 0.888. The Morgan fingerprint density at radius 3 is 2.78 bits per heavy atom. The maximum atomic E-state index is 6.07. The van der Waals surface area contributed by atoms with Crippen LogP contribution in [0.5, 0.6) is 0 Å². The van der Waals surface area contributed by atoms with E-state index >= 15 is 0 Å². The van der Waals surface area contributed by atoms with Crippen LogP contribution < -0.4 is 5.32 Å². The highest BCUT2D eigenvalue weighted by molar-refractivity contribution is 6.30. The van der Waals surface area contributed by atoms with Gasteiger partial charge in [-0.15, -0.1) is 0 Å². The van der Waals surface area contributed by atoms with Gasteiger partial charge in [-0.1, -0.05) is 30.6 Å². The number of aromatic nitrogens is 4. The first-order chi connectivity index (χ1) is 8.58. The molecule has 0 aromatic carbocycles. The van der Waals surface area contributed by atoms with E-state index in [-0.39, 0.29) is 5.92 Å². The van der Waals surface area contributed by atoms with Crippen molar-refractivity contribution in [1.29, 1.82) is 0 Å². The summed E-state index contributed by atoms with van der Waals surface area (Å²) >= 11 is 6.07. The van der Waals surface area contributed by atoms with E-state index in [1.165, 1.54) is 6.33 Å². The third-order valence-corrected chi connectivity index (χ3v) is 2.70. The van der Waals surface area contributed by atoms with E-state index in [2.05, 4.69) is 25.4 Å². The van der Waals surface area contributed by atoms with Gasteiger partial charge in [-0.05, 0) is 5.92 Å². The number of halogens is 1. The number of nitrogens with one attached hydrogen (secondary N) is 1. The number of hydrogen-bond donors (Lipinski definition) is 1. The van der Waals surface area contributed by atoms with Crippen molar-refractivity contribution in [3.8, 4) is 0 Å². The van der Waals surface area contributed by atoms with Gasteiger partial charge in [0, 0.05) is 12.5 Å². The topological polar surface area (TPSA) is 76.7 Å². The monoisotopic (exact) mass is 267 g/mol. The van der Waals surface area contributed by atoms with Crippen LogP contribution in [0.3, 0.4) is 0 Å². The normalized spacial score (nSPS) is 10.9. The predicted molar refractivity (Wildman–Crippen MR) is 67.5 cm³/mol. The molecule has 1 N–H and O–H groups in total. The fourth-order valence-electron chi connectivity index (χ4n) is 1.60. The summed E-state index contributed by atoms with van der Waals surface area (Å²) in [4.78, 5) is 12.3. The maximum Gasteiger partial charge on any atom is 0.223 e. The molecule has 0 spiro atoms. The van der Waals surface area contributed by atoms with Gasteiger partial charge in [-0.25, -0.2) is 9.97 Å². The maximum absolute atomic E-state index is 6.07. The van der Waals surface area contributed by atoms with E-state index in [1.807, 2.05) is 13.8 Å². The largest absolute Gasteiger partial charge is 0.362 e. The Kier molecular flexibility index (Phi) is 3.76. The third kappa shape index (κ3) is 2.76. The summed E-state index contributed by atoms with van der Waals surface area (Å²) < 4.78 is 4.89. The highest BCUT2D eigenvalue weighted by atomic mass is 35.5. The Morgan fingerprint density at radius 2 is 2.17 bits per heavy atom. The average Bonchev–Trinajstić information content (AvgIpc) is 2.72. The van der Waals surface area contributed by atoms with Gasteiger partial charge in [-0.3, -0.25) is 0 Å². The SMILES string of the molecule is Cc1nc(CNc2ncnc(Cl)c2C(C)C)no1. The first-order valence-corrected chi connectivity index (χ1v) is 5.99. The molecule has 0 unspecified atom stereocenters. The van der Waals surface area contributed by atoms with Crippen molar-refractivity contribution in [2.75, 3.05) is 5.32 Å². The van der Waals surface area contributed by atoms with Crippen molar-refractivity contribution in [1.82, 2.24) is 20.1 Å². The Labute approximate surface area is 110 Å². The van der Waals surface area contributed by atoms with E-state index in [9.17, 15) is 0 Å². The fraction of sp³-hybridized carbons (Fsp3) is 0.455. The van der Waals surface area contributed by atoms with Crippen LogP contribution in [0.2, 0.25) is 5.15 Å². The second-order valence-electron chi connectivity index (χ2n) is 4.16. The lowest BCUT2D eigenvalue weighted by molar-refractivity contribution is 0.388. The number of aryl methyl sites for hydroxylation is 1. The molecule has 18 heavy (non-hydrogen) atoms. The van der Waals surface area contributed by atoms with Crippen LogP contribution in [-0.2, 0) is 6.54 Å². The molecular formula is C11H14ClN5O. The van der Waals surface area contributed by atoms with Crippen LogP contribution in [0.15, 0.2) is 10.9 Å². The number of anilines is 1. The average molecular weight is 268 g/mol. The zero-order chi connectivity index (χ0) is 13.1. The first-order valence-electron chi connectivity index (χ1n) is 5.61. The lowest BCUT2D eigenvalue weighted by Crippen LogP contribution is -2.08. The molecule has 2 aromatic rings. The predicted octanol–water partition coefficient (Wildman–Crippen LogP) is 2.56. The number of rotatable bonds is 4. The first kappa shape index (κ1) is 12.8. The molecule has 0 aliphatic carbocycles. The minimum Gasteiger partial charge on any atom is -0.362 e. The zero-order valence-corrected chi connectivity index (χ0v) is 11.2. The minimum absolute atomic E-state index is 0.230. The summed E-state index contributed by atoms with van der Waals surface area (Å²) in [5, 5.41) is 7.41. The molecule has 0 amide bonds. The third-order valence-electron chi connectivity index (χ3n) is 2.40. The molecule has 0 fully saturated rings. The van der Waals surface area contributed by atoms with Gasteiger partial charge >= 0.3 is 0 Å². The molecule has 0 aliphatic rings. The molecule has 7 heteroatoms. The van der Waals surface area contributed by atoms with E-state index in [1.54, 1.807) is 6.92 Å². The molecule has 0 saturated heterocycles. The van der Waals surface area contributed by atoms with Crippen LogP contribution in [0.1, 0.15) is 37.0 Å². The summed E-state index contributed by atoms with van der Waals surface area (Å²) in [6, 6.07) is 0. The lowest BCUT2D eigenvalue weighted by atomic mass is 10.1. The Hall–Kier alpha value is -1.69. The number of nitrogens with zero attached hydrogens (tertiary/aromatic N) is 4. The second-order valence-corrected chi connectivity index (χ2v) is 4.52. The minimum atomic E-state index is 0.230. The van der Waals surface area contributed by atoms with Crippen LogP contribution in [-0.4, -0.2) is 20.1 Å². The van der Waals surface area contributed by atoms with Gasteiger partial charge < -0.3 is 9.84 Å². The Balaban J connectivity index is 2.16. The molecule has 0 saturated carbocycles. The van der Waals surface area contributed by atoms with E-state index < -0.39 is 0 Å². The van der Waals surface area contributed by atoms with E-state index in [4.69, 9.17) is 16.1 Å². The molecule has 0 atom stereocenters. The second kappa shape index (κ2) is 5.30. The molecule has 0 aliphatic heterocycles. The quantitative estimate of drug-likeness (QED) is 0.858. The van der Waals surface area contributed by atoms with E-state index in [0.717, 1.165) is 5.56 Å². The molecule has 2 heterocycles. The van der Waals surface area contributed by atoms with Gasteiger partial charge in [0.15, 0.2) is 5.82 Å². The van der Waals surface area contributed by atoms with Gasteiger partial charge in [0.05, 0.1) is 6.54 Å². The van der Waals surface area contributed by atoms with Crippen LogP contribution in [0.25, 0.3) is 0 Å². The van der Waals surface area contributed by atoms with Gasteiger partial charge in [-0.2, -0.15) is 4.98 Å². The van der Waals surface area contributed by atoms with Gasteiger partial charge in [0.25, 0.3) is 0 Å². The molecule has 0 bridgehead atoms. The summed E-state index contributed by atoms with van der Waals surface area (Å²) in [5.74, 6) is 2.05. The standard InChI is InChI=1S/C11H14ClN5O/c1-6(2)9-10(12)14-5-15-11(9)13-4-8-16-7(3)18-17-8/h5-6H,4H2,1-3H3,(H,13,14,15). The van der Waals surface area contributed by atoms with E-state index in [0.29, 0.717) is 29.2 Å². The van der Waals surface area contributed by atoms with Crippen molar-refractivity contribution in [2.45, 2.75) is 33.2 Å². The summed E-state index contributed by atoms with van der Waals surface area (Å²) in [6.07, 6.45) is 1.43. The highest BCUT2D eigenvalue weighted by Gasteiger charge is 2.14. The van der Waals surface area contributed by atoms with Crippen LogP contribution in [0, 0.1) is 6.92 Å². The lowest BCUT2D eigenvalue weighted by Gasteiger charge is -2.13. The van der Waals surface area contributed by atoms with Gasteiger partial charge in [0.2, 0.25) is 5.89 Å². The molecule has 6 nitrogen and oxygen atoms in total. The molecule has 0 radical (unpaired) electrons. The molecule has 2 aromatic heterocycles. The van der Waals surface area contributed by atoms with Crippen LogP contribution >= 0.6 is 11.6 Å². The molecule has 96 valence electrons. The molecule has 2 rings (SSSR count). The van der Waals surface area contributed by atoms with Gasteiger partial charge in [0.1, 0.15) is 17.3 Å². The zero-order valence-electron chi connectivity index (χ0n) is 10.4. The van der Waals surface area contributed by atoms with Crippen molar-refractivity contribution in [3.05, 3.63) is 28.8 Å². The smallest absolute Gasteiger partial charge is 0.223 e. The Morgan fingerprint density at radius 1 is 1.39 bits per heavy atom. The number of hydrogen-bond acceptors (Lipinski definition) is 6. The van der Waals surface area contributed by atoms with Crippen molar-refractivity contribution >= 4 is 17.4 Å². The summed E-state index contributed by atoms with van der Waals surface area (Å²) in [6.45, 7) is 6.25. The molecular weight excluding hydrogens is 254 g/mol. The van der Waals surface area contributed by atoms with Crippen LogP contribution in [0.4, 0.5) is 5.82 Å². The van der Waals surface area contributed by atoms with Crippen molar-refractivity contribution in [3.63, 3.8) is 0 Å².